The molecular formula is C16H22FN3S. The molecule has 1 heterocycles. The molecular weight excluding hydrogens is 285 g/mol. The molecule has 0 atom stereocenters. The summed E-state index contributed by atoms with van der Waals surface area (Å²) in [4.78, 5) is 2.34. The molecule has 0 aromatic heterocycles. The van der Waals surface area contributed by atoms with Crippen LogP contribution in [0.25, 0.3) is 0 Å². The van der Waals surface area contributed by atoms with E-state index in [4.69, 9.17) is 5.26 Å². The van der Waals surface area contributed by atoms with Crippen molar-refractivity contribution < 1.29 is 4.39 Å². The number of hydrogen-bond acceptors (Lipinski definition) is 4. The maximum Gasteiger partial charge on any atom is 0.125 e. The number of piperidine rings is 1. The SMILES string of the molecule is CSNc1cc(F)cc(CN2CCC(C)(CC#N)CC2)c1. The van der Waals surface area contributed by atoms with Crippen molar-refractivity contribution in [2.24, 2.45) is 5.41 Å². The summed E-state index contributed by atoms with van der Waals surface area (Å²) in [5.41, 5.74) is 1.96. The fourth-order valence-corrected chi connectivity index (χ4v) is 3.15. The minimum Gasteiger partial charge on any atom is -0.330 e. The summed E-state index contributed by atoms with van der Waals surface area (Å²) >= 11 is 1.46. The summed E-state index contributed by atoms with van der Waals surface area (Å²) < 4.78 is 16.7. The molecule has 1 aromatic rings. The van der Waals surface area contributed by atoms with Crippen molar-refractivity contribution >= 4 is 17.6 Å². The molecule has 1 aliphatic heterocycles. The molecule has 0 spiro atoms. The minimum absolute atomic E-state index is 0.152. The molecule has 1 N–H and O–H groups in total. The van der Waals surface area contributed by atoms with E-state index < -0.39 is 0 Å². The third-order valence-electron chi connectivity index (χ3n) is 4.15. The van der Waals surface area contributed by atoms with Gasteiger partial charge in [0, 0.05) is 24.9 Å². The molecule has 1 saturated heterocycles. The quantitative estimate of drug-likeness (QED) is 0.834. The number of halogens is 1. The Morgan fingerprint density at radius 1 is 1.38 bits per heavy atom. The molecule has 1 aromatic carbocycles. The van der Waals surface area contributed by atoms with Gasteiger partial charge in [-0.2, -0.15) is 5.26 Å². The molecule has 21 heavy (non-hydrogen) atoms. The van der Waals surface area contributed by atoms with E-state index in [1.807, 2.05) is 12.3 Å². The van der Waals surface area contributed by atoms with E-state index in [0.717, 1.165) is 43.7 Å². The molecule has 0 aliphatic carbocycles. The Balaban J connectivity index is 1.96. The second kappa shape index (κ2) is 7.15. The van der Waals surface area contributed by atoms with E-state index in [1.165, 1.54) is 18.0 Å². The van der Waals surface area contributed by atoms with Gasteiger partial charge in [0.1, 0.15) is 5.82 Å². The summed E-state index contributed by atoms with van der Waals surface area (Å²) in [5.74, 6) is -0.199. The van der Waals surface area contributed by atoms with Gasteiger partial charge in [-0.3, -0.25) is 4.90 Å². The molecule has 0 bridgehead atoms. The van der Waals surface area contributed by atoms with Crippen molar-refractivity contribution in [1.82, 2.24) is 4.90 Å². The van der Waals surface area contributed by atoms with E-state index in [9.17, 15) is 4.39 Å². The monoisotopic (exact) mass is 307 g/mol. The van der Waals surface area contributed by atoms with Crippen LogP contribution < -0.4 is 4.72 Å². The average molecular weight is 307 g/mol. The lowest BCUT2D eigenvalue weighted by atomic mass is 9.78. The lowest BCUT2D eigenvalue weighted by molar-refractivity contribution is 0.116. The number of nitrogens with one attached hydrogen (secondary N) is 1. The smallest absolute Gasteiger partial charge is 0.125 e. The number of benzene rings is 1. The first-order chi connectivity index (χ1) is 10.0. The Morgan fingerprint density at radius 3 is 2.71 bits per heavy atom. The van der Waals surface area contributed by atoms with Crippen molar-refractivity contribution in [3.63, 3.8) is 0 Å². The van der Waals surface area contributed by atoms with E-state index in [0.29, 0.717) is 6.42 Å². The number of rotatable bonds is 5. The molecule has 5 heteroatoms. The predicted octanol–water partition coefficient (Wildman–Crippen LogP) is 4.03. The van der Waals surface area contributed by atoms with Gasteiger partial charge in [-0.1, -0.05) is 18.9 Å². The van der Waals surface area contributed by atoms with Crippen LogP contribution in [-0.2, 0) is 6.54 Å². The molecule has 1 fully saturated rings. The number of likely N-dealkylation sites (tertiary alicyclic amines) is 1. The summed E-state index contributed by atoms with van der Waals surface area (Å²) in [5, 5.41) is 8.88. The van der Waals surface area contributed by atoms with Crippen molar-refractivity contribution in [1.29, 1.82) is 5.26 Å². The van der Waals surface area contributed by atoms with Gasteiger partial charge in [0.05, 0.1) is 6.07 Å². The van der Waals surface area contributed by atoms with E-state index in [2.05, 4.69) is 22.6 Å². The maximum absolute atomic E-state index is 13.6. The third-order valence-corrected chi connectivity index (χ3v) is 4.59. The summed E-state index contributed by atoms with van der Waals surface area (Å²) in [6.07, 6.45) is 4.62. The van der Waals surface area contributed by atoms with E-state index >= 15 is 0 Å². The van der Waals surface area contributed by atoms with Crippen LogP contribution in [0.4, 0.5) is 10.1 Å². The molecule has 1 aliphatic rings. The zero-order valence-electron chi connectivity index (χ0n) is 12.7. The van der Waals surface area contributed by atoms with Crippen molar-refractivity contribution in [2.45, 2.75) is 32.7 Å². The fourth-order valence-electron chi connectivity index (χ4n) is 2.80. The van der Waals surface area contributed by atoms with Gasteiger partial charge in [0.15, 0.2) is 0 Å². The number of nitrogens with zero attached hydrogens (tertiary/aromatic N) is 2. The number of nitriles is 1. The van der Waals surface area contributed by atoms with Gasteiger partial charge >= 0.3 is 0 Å². The first-order valence-electron chi connectivity index (χ1n) is 7.22. The molecule has 2 rings (SSSR count). The lowest BCUT2D eigenvalue weighted by Gasteiger charge is -2.38. The standard InChI is InChI=1S/C16H22FN3S/c1-16(3-6-18)4-7-20(8-5-16)12-13-9-14(17)11-15(10-13)19-21-2/h9-11,19H,3-5,7-8,12H2,1-2H3. The lowest BCUT2D eigenvalue weighted by Crippen LogP contribution is -2.38. The van der Waals surface area contributed by atoms with Gasteiger partial charge in [-0.15, -0.1) is 0 Å². The van der Waals surface area contributed by atoms with Crippen LogP contribution in [-0.4, -0.2) is 24.2 Å². The predicted molar refractivity (Wildman–Crippen MR) is 86.4 cm³/mol. The highest BCUT2D eigenvalue weighted by Gasteiger charge is 2.29. The van der Waals surface area contributed by atoms with Crippen LogP contribution in [0.5, 0.6) is 0 Å². The van der Waals surface area contributed by atoms with Crippen LogP contribution in [0.1, 0.15) is 31.7 Å². The molecule has 0 unspecified atom stereocenters. The fraction of sp³-hybridized carbons (Fsp3) is 0.562. The topological polar surface area (TPSA) is 39.1 Å². The first kappa shape index (κ1) is 16.1. The van der Waals surface area contributed by atoms with Gasteiger partial charge in [-0.05, 0) is 55.1 Å². The molecule has 3 nitrogen and oxygen atoms in total. The number of anilines is 1. The second-order valence-electron chi connectivity index (χ2n) is 6.08. The Hall–Kier alpha value is -1.25. The third kappa shape index (κ3) is 4.62. The Bertz CT molecular complexity index is 519. The van der Waals surface area contributed by atoms with Crippen molar-refractivity contribution in [3.8, 4) is 6.07 Å². The average Bonchev–Trinajstić information content (AvgIpc) is 2.42. The first-order valence-corrected chi connectivity index (χ1v) is 8.45. The van der Waals surface area contributed by atoms with E-state index in [-0.39, 0.29) is 11.2 Å². The molecule has 0 amide bonds. The van der Waals surface area contributed by atoms with Crippen LogP contribution in [0.2, 0.25) is 0 Å². The van der Waals surface area contributed by atoms with Crippen LogP contribution in [0, 0.1) is 22.6 Å². The summed E-state index contributed by atoms with van der Waals surface area (Å²) in [6, 6.07) is 7.42. The van der Waals surface area contributed by atoms with Crippen molar-refractivity contribution in [2.75, 3.05) is 24.1 Å². The largest absolute Gasteiger partial charge is 0.330 e. The highest BCUT2D eigenvalue weighted by atomic mass is 32.2. The Kier molecular flexibility index (Phi) is 5.49. The van der Waals surface area contributed by atoms with Crippen LogP contribution in [0.15, 0.2) is 18.2 Å². The summed E-state index contributed by atoms with van der Waals surface area (Å²) in [7, 11) is 0. The Morgan fingerprint density at radius 2 is 2.10 bits per heavy atom. The van der Waals surface area contributed by atoms with Crippen LogP contribution in [0.3, 0.4) is 0 Å². The van der Waals surface area contributed by atoms with Gasteiger partial charge in [-0.25, -0.2) is 4.39 Å². The zero-order valence-corrected chi connectivity index (χ0v) is 13.5. The minimum atomic E-state index is -0.199. The molecule has 0 saturated carbocycles. The van der Waals surface area contributed by atoms with Gasteiger partial charge in [0.2, 0.25) is 0 Å². The maximum atomic E-state index is 13.6. The number of hydrogen-bond donors (Lipinski definition) is 1. The van der Waals surface area contributed by atoms with Gasteiger partial charge in [0.25, 0.3) is 0 Å². The second-order valence-corrected chi connectivity index (χ2v) is 6.69. The zero-order chi connectivity index (χ0) is 15.3. The highest BCUT2D eigenvalue weighted by molar-refractivity contribution is 7.99. The highest BCUT2D eigenvalue weighted by Crippen LogP contribution is 2.34. The Labute approximate surface area is 130 Å². The molecule has 114 valence electrons. The van der Waals surface area contributed by atoms with Crippen LogP contribution >= 0.6 is 11.9 Å². The van der Waals surface area contributed by atoms with Crippen molar-refractivity contribution in [3.05, 3.63) is 29.6 Å². The van der Waals surface area contributed by atoms with E-state index in [1.54, 1.807) is 6.07 Å². The summed E-state index contributed by atoms with van der Waals surface area (Å²) in [6.45, 7) is 4.90. The normalized spacial score (nSPS) is 18.2. The van der Waals surface area contributed by atoms with Gasteiger partial charge < -0.3 is 4.72 Å². The molecule has 0 radical (unpaired) electrons.